The lowest BCUT2D eigenvalue weighted by molar-refractivity contribution is -0.154. The number of hydrogen-bond donors (Lipinski definition) is 0. The zero-order valence-electron chi connectivity index (χ0n) is 20.3. The van der Waals surface area contributed by atoms with Crippen LogP contribution in [-0.4, -0.2) is 34.3 Å². The van der Waals surface area contributed by atoms with Crippen molar-refractivity contribution in [2.24, 2.45) is 0 Å². The summed E-state index contributed by atoms with van der Waals surface area (Å²) in [7, 11) is 0. The molecular formula is C31H26N2O4. The van der Waals surface area contributed by atoms with Crippen LogP contribution in [0.25, 0.3) is 43.6 Å². The van der Waals surface area contributed by atoms with Gasteiger partial charge in [-0.3, -0.25) is 9.59 Å². The van der Waals surface area contributed by atoms with Crippen molar-refractivity contribution in [3.63, 3.8) is 0 Å². The predicted molar refractivity (Wildman–Crippen MR) is 145 cm³/mol. The molecule has 6 aromatic rings. The maximum Gasteiger partial charge on any atom is 0.317 e. The molecule has 0 fully saturated rings. The van der Waals surface area contributed by atoms with Gasteiger partial charge in [0.2, 0.25) is 0 Å². The number of ether oxygens (including phenoxy) is 2. The van der Waals surface area contributed by atoms with Gasteiger partial charge >= 0.3 is 11.9 Å². The fourth-order valence-electron chi connectivity index (χ4n) is 5.21. The molecule has 6 nitrogen and oxygen atoms in total. The standard InChI is InChI=1S/C31H26N2O4/c34-30(36-19-17-32-26-13-5-1-9-22(26)23-10-2-6-14-27(23)32)21-31(35)37-20-18-33-28-15-7-3-11-24(28)25-12-4-8-16-29(25)33/h1-16H,17-21H2. The molecule has 37 heavy (non-hydrogen) atoms. The highest BCUT2D eigenvalue weighted by Gasteiger charge is 2.15. The maximum atomic E-state index is 12.3. The van der Waals surface area contributed by atoms with Gasteiger partial charge in [0.15, 0.2) is 0 Å². The summed E-state index contributed by atoms with van der Waals surface area (Å²) in [6, 6.07) is 32.7. The van der Waals surface area contributed by atoms with Gasteiger partial charge in [0.05, 0.1) is 13.1 Å². The van der Waals surface area contributed by atoms with Gasteiger partial charge in [0, 0.05) is 43.6 Å². The molecular weight excluding hydrogens is 464 g/mol. The predicted octanol–water partition coefficient (Wildman–Crippen LogP) is 6.08. The Hall–Kier alpha value is -4.58. The van der Waals surface area contributed by atoms with Crippen molar-refractivity contribution in [3.8, 4) is 0 Å². The van der Waals surface area contributed by atoms with Gasteiger partial charge in [-0.2, -0.15) is 0 Å². The Morgan fingerprint density at radius 3 is 1.11 bits per heavy atom. The van der Waals surface area contributed by atoms with E-state index in [1.54, 1.807) is 0 Å². The highest BCUT2D eigenvalue weighted by molar-refractivity contribution is 6.08. The summed E-state index contributed by atoms with van der Waals surface area (Å²) in [5, 5.41) is 4.65. The van der Waals surface area contributed by atoms with E-state index in [0.29, 0.717) is 13.1 Å². The van der Waals surface area contributed by atoms with E-state index in [9.17, 15) is 9.59 Å². The molecule has 0 bridgehead atoms. The molecule has 0 amide bonds. The van der Waals surface area contributed by atoms with Crippen LogP contribution in [-0.2, 0) is 32.2 Å². The van der Waals surface area contributed by atoms with E-state index in [1.807, 2.05) is 48.5 Å². The van der Waals surface area contributed by atoms with Crippen LogP contribution >= 0.6 is 0 Å². The first-order valence-electron chi connectivity index (χ1n) is 12.4. The highest BCUT2D eigenvalue weighted by Crippen LogP contribution is 2.29. The normalized spacial score (nSPS) is 11.5. The zero-order valence-corrected chi connectivity index (χ0v) is 20.3. The molecule has 0 aliphatic carbocycles. The van der Waals surface area contributed by atoms with Gasteiger partial charge < -0.3 is 18.6 Å². The smallest absolute Gasteiger partial charge is 0.317 e. The van der Waals surface area contributed by atoms with Crippen LogP contribution in [0, 0.1) is 0 Å². The SMILES string of the molecule is O=C(CC(=O)OCCn1c2ccccc2c2ccccc21)OCCn1c2ccccc2c2ccccc21. The van der Waals surface area contributed by atoms with Crippen LogP contribution in [0.3, 0.4) is 0 Å². The van der Waals surface area contributed by atoms with Crippen LogP contribution in [0.4, 0.5) is 0 Å². The Labute approximate surface area is 213 Å². The number of esters is 2. The first-order chi connectivity index (χ1) is 18.2. The average Bonchev–Trinajstić information content (AvgIpc) is 3.42. The molecule has 6 rings (SSSR count). The number of aromatic nitrogens is 2. The van der Waals surface area contributed by atoms with Crippen molar-refractivity contribution < 1.29 is 19.1 Å². The summed E-state index contributed by atoms with van der Waals surface area (Å²) in [5.41, 5.74) is 4.35. The fourth-order valence-corrected chi connectivity index (χ4v) is 5.21. The zero-order chi connectivity index (χ0) is 25.2. The lowest BCUT2D eigenvalue weighted by Crippen LogP contribution is -2.18. The van der Waals surface area contributed by atoms with Gasteiger partial charge in [-0.15, -0.1) is 0 Å². The molecule has 0 saturated heterocycles. The van der Waals surface area contributed by atoms with Gasteiger partial charge in [-0.1, -0.05) is 72.8 Å². The molecule has 0 N–H and O–H groups in total. The van der Waals surface area contributed by atoms with E-state index < -0.39 is 18.4 Å². The first kappa shape index (κ1) is 22.9. The van der Waals surface area contributed by atoms with E-state index in [-0.39, 0.29) is 13.2 Å². The molecule has 2 heterocycles. The summed E-state index contributed by atoms with van der Waals surface area (Å²) in [4.78, 5) is 24.6. The molecule has 0 atom stereocenters. The maximum absolute atomic E-state index is 12.3. The third-order valence-electron chi connectivity index (χ3n) is 6.80. The van der Waals surface area contributed by atoms with Crippen LogP contribution in [0.2, 0.25) is 0 Å². The van der Waals surface area contributed by atoms with Gasteiger partial charge in [-0.25, -0.2) is 0 Å². The Morgan fingerprint density at radius 1 is 0.486 bits per heavy atom. The minimum atomic E-state index is -0.581. The second kappa shape index (κ2) is 9.82. The molecule has 0 spiro atoms. The third-order valence-corrected chi connectivity index (χ3v) is 6.80. The van der Waals surface area contributed by atoms with Crippen molar-refractivity contribution in [1.29, 1.82) is 0 Å². The summed E-state index contributed by atoms with van der Waals surface area (Å²) in [6.07, 6.45) is -0.402. The van der Waals surface area contributed by atoms with Crippen molar-refractivity contribution in [1.82, 2.24) is 9.13 Å². The first-order valence-corrected chi connectivity index (χ1v) is 12.4. The summed E-state index contributed by atoms with van der Waals surface area (Å²) < 4.78 is 15.1. The lowest BCUT2D eigenvalue weighted by Gasteiger charge is -2.10. The van der Waals surface area contributed by atoms with Gasteiger partial charge in [0.1, 0.15) is 19.6 Å². The Morgan fingerprint density at radius 2 is 0.784 bits per heavy atom. The second-order valence-electron chi connectivity index (χ2n) is 8.99. The van der Waals surface area contributed by atoms with E-state index in [4.69, 9.17) is 9.47 Å². The quantitative estimate of drug-likeness (QED) is 0.192. The summed E-state index contributed by atoms with van der Waals surface area (Å²) in [5.74, 6) is -1.16. The number of fused-ring (bicyclic) bond motifs is 6. The van der Waals surface area contributed by atoms with Gasteiger partial charge in [-0.05, 0) is 24.3 Å². The topological polar surface area (TPSA) is 62.5 Å². The van der Waals surface area contributed by atoms with Crippen molar-refractivity contribution in [2.45, 2.75) is 19.5 Å². The molecule has 4 aromatic carbocycles. The van der Waals surface area contributed by atoms with Crippen LogP contribution in [0.5, 0.6) is 0 Å². The number of para-hydroxylation sites is 4. The number of nitrogens with zero attached hydrogens (tertiary/aromatic N) is 2. The summed E-state index contributed by atoms with van der Waals surface area (Å²) >= 11 is 0. The number of rotatable bonds is 8. The lowest BCUT2D eigenvalue weighted by atomic mass is 10.2. The van der Waals surface area contributed by atoms with Crippen molar-refractivity contribution >= 4 is 55.6 Å². The largest absolute Gasteiger partial charge is 0.463 e. The minimum Gasteiger partial charge on any atom is -0.463 e. The number of benzene rings is 4. The van der Waals surface area contributed by atoms with E-state index in [1.165, 1.54) is 0 Å². The van der Waals surface area contributed by atoms with Crippen molar-refractivity contribution in [3.05, 3.63) is 97.1 Å². The fraction of sp³-hybridized carbons (Fsp3) is 0.161. The molecule has 0 aliphatic heterocycles. The minimum absolute atomic E-state index is 0.177. The molecule has 184 valence electrons. The third kappa shape index (κ3) is 4.31. The number of carbonyl (C=O) groups excluding carboxylic acids is 2. The van der Waals surface area contributed by atoms with Crippen molar-refractivity contribution in [2.75, 3.05) is 13.2 Å². The Kier molecular flexibility index (Phi) is 6.06. The molecule has 6 heteroatoms. The monoisotopic (exact) mass is 490 g/mol. The van der Waals surface area contributed by atoms with Crippen LogP contribution in [0.1, 0.15) is 6.42 Å². The molecule has 0 radical (unpaired) electrons. The molecule has 0 unspecified atom stereocenters. The van der Waals surface area contributed by atoms with E-state index in [2.05, 4.69) is 57.7 Å². The Balaban J connectivity index is 1.04. The Bertz CT molecular complexity index is 1530. The molecule has 2 aromatic heterocycles. The number of hydrogen-bond acceptors (Lipinski definition) is 4. The summed E-state index contributed by atoms with van der Waals surface area (Å²) in [6.45, 7) is 1.36. The average molecular weight is 491 g/mol. The van der Waals surface area contributed by atoms with Crippen LogP contribution in [0.15, 0.2) is 97.1 Å². The van der Waals surface area contributed by atoms with E-state index in [0.717, 1.165) is 43.6 Å². The number of carbonyl (C=O) groups is 2. The van der Waals surface area contributed by atoms with Gasteiger partial charge in [0.25, 0.3) is 0 Å². The second-order valence-corrected chi connectivity index (χ2v) is 8.99. The highest BCUT2D eigenvalue weighted by atomic mass is 16.6. The van der Waals surface area contributed by atoms with E-state index >= 15 is 0 Å². The van der Waals surface area contributed by atoms with Crippen LogP contribution < -0.4 is 0 Å². The molecule has 0 aliphatic rings. The molecule has 0 saturated carbocycles.